The third-order valence-corrected chi connectivity index (χ3v) is 4.70. The maximum atomic E-state index is 6.26. The molecule has 0 aliphatic rings. The van der Waals surface area contributed by atoms with Crippen LogP contribution in [0.3, 0.4) is 0 Å². The lowest BCUT2D eigenvalue weighted by Crippen LogP contribution is -2.13. The van der Waals surface area contributed by atoms with Crippen LogP contribution in [0.25, 0.3) is 0 Å². The first-order valence-electron chi connectivity index (χ1n) is 5.73. The number of thiophene rings is 1. The largest absolute Gasteiger partial charge is 0.496 e. The standard InChI is InChI=1S/C14H16INOS/c1-9-3-4-13(17-2)10(5-9)6-12(16)11-7-14(15)18-8-11/h3-5,7-8,12H,6,16H2,1-2H3. The number of rotatable bonds is 4. The zero-order valence-electron chi connectivity index (χ0n) is 10.4. The summed E-state index contributed by atoms with van der Waals surface area (Å²) in [4.78, 5) is 0. The molecule has 1 unspecified atom stereocenters. The monoisotopic (exact) mass is 373 g/mol. The first-order valence-corrected chi connectivity index (χ1v) is 7.69. The first-order chi connectivity index (χ1) is 8.60. The molecule has 0 fully saturated rings. The van der Waals surface area contributed by atoms with Gasteiger partial charge in [0.1, 0.15) is 5.75 Å². The molecule has 1 atom stereocenters. The second kappa shape index (κ2) is 6.04. The molecule has 0 saturated heterocycles. The van der Waals surface area contributed by atoms with Gasteiger partial charge in [-0.25, -0.2) is 0 Å². The van der Waals surface area contributed by atoms with Crippen LogP contribution in [0.2, 0.25) is 0 Å². The van der Waals surface area contributed by atoms with E-state index in [0.29, 0.717) is 0 Å². The molecule has 2 aromatic rings. The Morgan fingerprint density at radius 1 is 1.39 bits per heavy atom. The molecule has 0 radical (unpaired) electrons. The van der Waals surface area contributed by atoms with Gasteiger partial charge in [-0.3, -0.25) is 0 Å². The normalized spacial score (nSPS) is 12.4. The number of nitrogens with two attached hydrogens (primary N) is 1. The van der Waals surface area contributed by atoms with Crippen LogP contribution >= 0.6 is 33.9 Å². The van der Waals surface area contributed by atoms with Crippen LogP contribution < -0.4 is 10.5 Å². The molecule has 96 valence electrons. The molecular formula is C14H16INOS. The van der Waals surface area contributed by atoms with Crippen LogP contribution in [0, 0.1) is 9.81 Å². The number of benzene rings is 1. The second-order valence-corrected chi connectivity index (χ2v) is 7.12. The summed E-state index contributed by atoms with van der Waals surface area (Å²) >= 11 is 4.05. The van der Waals surface area contributed by atoms with Gasteiger partial charge in [0.25, 0.3) is 0 Å². The highest BCUT2D eigenvalue weighted by molar-refractivity contribution is 14.1. The third kappa shape index (κ3) is 3.24. The van der Waals surface area contributed by atoms with Gasteiger partial charge in [-0.2, -0.15) is 0 Å². The van der Waals surface area contributed by atoms with Crippen LogP contribution in [-0.2, 0) is 6.42 Å². The molecule has 0 saturated carbocycles. The van der Waals surface area contributed by atoms with Gasteiger partial charge in [0, 0.05) is 6.04 Å². The van der Waals surface area contributed by atoms with Gasteiger partial charge >= 0.3 is 0 Å². The molecule has 1 heterocycles. The second-order valence-electron chi connectivity index (χ2n) is 4.31. The summed E-state index contributed by atoms with van der Waals surface area (Å²) in [5.74, 6) is 0.918. The zero-order valence-corrected chi connectivity index (χ0v) is 13.4. The van der Waals surface area contributed by atoms with Crippen molar-refractivity contribution in [2.24, 2.45) is 5.73 Å². The quantitative estimate of drug-likeness (QED) is 0.825. The van der Waals surface area contributed by atoms with Gasteiger partial charge in [-0.05, 0) is 64.6 Å². The first kappa shape index (κ1) is 13.8. The fraction of sp³-hybridized carbons (Fsp3) is 0.286. The molecule has 0 aliphatic carbocycles. The van der Waals surface area contributed by atoms with Crippen molar-refractivity contribution in [3.05, 3.63) is 49.2 Å². The molecule has 0 amide bonds. The van der Waals surface area contributed by atoms with Crippen molar-refractivity contribution in [3.63, 3.8) is 0 Å². The molecule has 0 spiro atoms. The number of hydrogen-bond acceptors (Lipinski definition) is 3. The molecule has 2 nitrogen and oxygen atoms in total. The molecule has 4 heteroatoms. The van der Waals surface area contributed by atoms with E-state index in [1.165, 1.54) is 19.6 Å². The lowest BCUT2D eigenvalue weighted by molar-refractivity contribution is 0.408. The molecule has 0 bridgehead atoms. The summed E-state index contributed by atoms with van der Waals surface area (Å²) < 4.78 is 6.66. The van der Waals surface area contributed by atoms with E-state index < -0.39 is 0 Å². The molecule has 0 aliphatic heterocycles. The minimum absolute atomic E-state index is 0.0282. The average Bonchev–Trinajstić information content (AvgIpc) is 2.76. The number of methoxy groups -OCH3 is 1. The Kier molecular flexibility index (Phi) is 4.64. The van der Waals surface area contributed by atoms with Crippen molar-refractivity contribution < 1.29 is 4.74 Å². The highest BCUT2D eigenvalue weighted by Crippen LogP contribution is 2.27. The summed E-state index contributed by atoms with van der Waals surface area (Å²) in [6.45, 7) is 2.09. The molecule has 2 rings (SSSR count). The maximum absolute atomic E-state index is 6.26. The van der Waals surface area contributed by atoms with Gasteiger partial charge in [0.05, 0.1) is 9.99 Å². The highest BCUT2D eigenvalue weighted by Gasteiger charge is 2.12. The Hall–Kier alpha value is -0.590. The van der Waals surface area contributed by atoms with E-state index in [1.807, 2.05) is 6.07 Å². The van der Waals surface area contributed by atoms with Gasteiger partial charge in [-0.15, -0.1) is 11.3 Å². The van der Waals surface area contributed by atoms with Crippen molar-refractivity contribution in [2.45, 2.75) is 19.4 Å². The summed E-state index contributed by atoms with van der Waals surface area (Å²) in [5, 5.41) is 2.13. The molecule has 1 aromatic carbocycles. The molecule has 2 N–H and O–H groups in total. The van der Waals surface area contributed by atoms with E-state index in [9.17, 15) is 0 Å². The van der Waals surface area contributed by atoms with E-state index >= 15 is 0 Å². The van der Waals surface area contributed by atoms with E-state index in [-0.39, 0.29) is 6.04 Å². The van der Waals surface area contributed by atoms with Gasteiger partial charge < -0.3 is 10.5 Å². The summed E-state index contributed by atoms with van der Waals surface area (Å²) in [5.41, 5.74) is 9.87. The SMILES string of the molecule is COc1ccc(C)cc1CC(N)c1csc(I)c1. The van der Waals surface area contributed by atoms with E-state index in [4.69, 9.17) is 10.5 Å². The van der Waals surface area contributed by atoms with Crippen molar-refractivity contribution in [3.8, 4) is 5.75 Å². The smallest absolute Gasteiger partial charge is 0.122 e. The van der Waals surface area contributed by atoms with Crippen molar-refractivity contribution in [1.29, 1.82) is 0 Å². The lowest BCUT2D eigenvalue weighted by atomic mass is 10.00. The van der Waals surface area contributed by atoms with E-state index in [1.54, 1.807) is 18.4 Å². The van der Waals surface area contributed by atoms with Crippen molar-refractivity contribution in [2.75, 3.05) is 7.11 Å². The number of hydrogen-bond donors (Lipinski definition) is 1. The highest BCUT2D eigenvalue weighted by atomic mass is 127. The van der Waals surface area contributed by atoms with Crippen molar-refractivity contribution in [1.82, 2.24) is 0 Å². The minimum atomic E-state index is 0.0282. The zero-order chi connectivity index (χ0) is 13.1. The van der Waals surface area contributed by atoms with Crippen LogP contribution in [-0.4, -0.2) is 7.11 Å². The van der Waals surface area contributed by atoms with E-state index in [2.05, 4.69) is 53.1 Å². The Morgan fingerprint density at radius 3 is 2.78 bits per heavy atom. The van der Waals surface area contributed by atoms with E-state index in [0.717, 1.165) is 12.2 Å². The predicted octanol–water partition coefficient (Wildman–Crippen LogP) is 3.91. The third-order valence-electron chi connectivity index (χ3n) is 2.89. The molecular weight excluding hydrogens is 357 g/mol. The van der Waals surface area contributed by atoms with Crippen LogP contribution in [0.4, 0.5) is 0 Å². The Labute approximate surface area is 125 Å². The lowest BCUT2D eigenvalue weighted by Gasteiger charge is -2.14. The van der Waals surface area contributed by atoms with Gasteiger partial charge in [-0.1, -0.05) is 17.7 Å². The Morgan fingerprint density at radius 2 is 2.17 bits per heavy atom. The number of aryl methyl sites for hydroxylation is 1. The topological polar surface area (TPSA) is 35.2 Å². The van der Waals surface area contributed by atoms with Crippen LogP contribution in [0.5, 0.6) is 5.75 Å². The maximum Gasteiger partial charge on any atom is 0.122 e. The Balaban J connectivity index is 2.20. The van der Waals surface area contributed by atoms with Gasteiger partial charge in [0.2, 0.25) is 0 Å². The summed E-state index contributed by atoms with van der Waals surface area (Å²) in [7, 11) is 1.70. The van der Waals surface area contributed by atoms with Gasteiger partial charge in [0.15, 0.2) is 0 Å². The predicted molar refractivity (Wildman–Crippen MR) is 85.4 cm³/mol. The molecule has 1 aromatic heterocycles. The van der Waals surface area contributed by atoms with Crippen LogP contribution in [0.1, 0.15) is 22.7 Å². The minimum Gasteiger partial charge on any atom is -0.496 e. The fourth-order valence-electron chi connectivity index (χ4n) is 1.94. The van der Waals surface area contributed by atoms with Crippen molar-refractivity contribution >= 4 is 33.9 Å². The number of halogens is 1. The average molecular weight is 373 g/mol. The summed E-state index contributed by atoms with van der Waals surface area (Å²) in [6.07, 6.45) is 0.803. The number of ether oxygens (including phenoxy) is 1. The summed E-state index contributed by atoms with van der Waals surface area (Å²) in [6, 6.07) is 8.39. The fourth-order valence-corrected chi connectivity index (χ4v) is 3.38. The van der Waals surface area contributed by atoms with Crippen LogP contribution in [0.15, 0.2) is 29.6 Å². The molecule has 18 heavy (non-hydrogen) atoms. The Bertz CT molecular complexity index is 538.